The van der Waals surface area contributed by atoms with Crippen molar-refractivity contribution >= 4 is 11.6 Å². The molecule has 4 nitrogen and oxygen atoms in total. The van der Waals surface area contributed by atoms with Gasteiger partial charge in [0.2, 0.25) is 0 Å². The number of halogens is 1. The Morgan fingerprint density at radius 3 is 2.87 bits per heavy atom. The van der Waals surface area contributed by atoms with Crippen LogP contribution in [0.4, 0.5) is 0 Å². The Balaban J connectivity index is 2.20. The van der Waals surface area contributed by atoms with E-state index in [4.69, 9.17) is 16.3 Å². The van der Waals surface area contributed by atoms with E-state index in [0.29, 0.717) is 5.82 Å². The van der Waals surface area contributed by atoms with E-state index in [9.17, 15) is 0 Å². The van der Waals surface area contributed by atoms with Gasteiger partial charge in [-0.25, -0.2) is 4.98 Å². The van der Waals surface area contributed by atoms with Gasteiger partial charge in [0.15, 0.2) is 5.82 Å². The highest BCUT2D eigenvalue weighted by Gasteiger charge is 2.34. The molecule has 0 amide bonds. The van der Waals surface area contributed by atoms with Gasteiger partial charge in [0.25, 0.3) is 0 Å². The van der Waals surface area contributed by atoms with Gasteiger partial charge in [-0.05, 0) is 33.1 Å². The first-order valence-corrected chi connectivity index (χ1v) is 5.76. The van der Waals surface area contributed by atoms with E-state index in [1.54, 1.807) is 0 Å². The molecule has 0 spiro atoms. The largest absolute Gasteiger partial charge is 0.367 e. The minimum absolute atomic E-state index is 0.140. The SMILES string of the molecule is CC(Cl)c1nc(C2(C)CCCCO2)n[nH]1. The van der Waals surface area contributed by atoms with Crippen LogP contribution >= 0.6 is 11.6 Å². The normalized spacial score (nSPS) is 29.0. The predicted octanol–water partition coefficient (Wildman–Crippen LogP) is 2.52. The molecule has 0 bridgehead atoms. The van der Waals surface area contributed by atoms with E-state index in [0.717, 1.165) is 31.7 Å². The number of ether oxygens (including phenoxy) is 1. The lowest BCUT2D eigenvalue weighted by atomic mass is 9.95. The summed E-state index contributed by atoms with van der Waals surface area (Å²) in [6.07, 6.45) is 3.26. The number of aromatic amines is 1. The summed E-state index contributed by atoms with van der Waals surface area (Å²) in [5, 5.41) is 6.90. The summed E-state index contributed by atoms with van der Waals surface area (Å²) < 4.78 is 5.76. The van der Waals surface area contributed by atoms with E-state index in [1.165, 1.54) is 0 Å². The van der Waals surface area contributed by atoms with Gasteiger partial charge in [0.1, 0.15) is 11.4 Å². The number of alkyl halides is 1. The molecule has 84 valence electrons. The van der Waals surface area contributed by atoms with Crippen LogP contribution in [0.25, 0.3) is 0 Å². The molecule has 1 N–H and O–H groups in total. The molecular formula is C10H16ClN3O. The van der Waals surface area contributed by atoms with Crippen LogP contribution in [-0.2, 0) is 10.3 Å². The quantitative estimate of drug-likeness (QED) is 0.793. The van der Waals surface area contributed by atoms with Crippen molar-refractivity contribution in [2.24, 2.45) is 0 Å². The molecule has 1 fully saturated rings. The van der Waals surface area contributed by atoms with E-state index < -0.39 is 0 Å². The summed E-state index contributed by atoms with van der Waals surface area (Å²) in [6, 6.07) is 0. The second-order valence-electron chi connectivity index (χ2n) is 4.20. The van der Waals surface area contributed by atoms with Crippen molar-refractivity contribution in [1.82, 2.24) is 15.2 Å². The van der Waals surface area contributed by atoms with Crippen molar-refractivity contribution in [3.05, 3.63) is 11.6 Å². The van der Waals surface area contributed by atoms with Gasteiger partial charge >= 0.3 is 0 Å². The molecule has 2 heterocycles. The predicted molar refractivity (Wildman–Crippen MR) is 57.8 cm³/mol. The monoisotopic (exact) mass is 229 g/mol. The number of nitrogens with one attached hydrogen (secondary N) is 1. The van der Waals surface area contributed by atoms with E-state index >= 15 is 0 Å². The zero-order chi connectivity index (χ0) is 10.9. The first-order chi connectivity index (χ1) is 7.12. The summed E-state index contributed by atoms with van der Waals surface area (Å²) in [6.45, 7) is 4.70. The summed E-state index contributed by atoms with van der Waals surface area (Å²) in [7, 11) is 0. The zero-order valence-corrected chi connectivity index (χ0v) is 9.84. The standard InChI is InChI=1S/C10H16ClN3O/c1-7(11)8-12-9(14-13-8)10(2)5-3-4-6-15-10/h7H,3-6H2,1-2H3,(H,12,13,14). The highest BCUT2D eigenvalue weighted by molar-refractivity contribution is 6.20. The molecule has 2 unspecified atom stereocenters. The molecule has 15 heavy (non-hydrogen) atoms. The zero-order valence-electron chi connectivity index (χ0n) is 9.09. The van der Waals surface area contributed by atoms with Crippen LogP contribution in [0.5, 0.6) is 0 Å². The van der Waals surface area contributed by atoms with Gasteiger partial charge in [-0.1, -0.05) is 0 Å². The molecule has 1 saturated heterocycles. The number of nitrogens with zero attached hydrogens (tertiary/aromatic N) is 2. The summed E-state index contributed by atoms with van der Waals surface area (Å²) in [5.41, 5.74) is -0.335. The van der Waals surface area contributed by atoms with Crippen molar-refractivity contribution in [3.8, 4) is 0 Å². The number of aromatic nitrogens is 3. The minimum Gasteiger partial charge on any atom is -0.367 e. The van der Waals surface area contributed by atoms with E-state index in [2.05, 4.69) is 15.2 Å². The lowest BCUT2D eigenvalue weighted by molar-refractivity contribution is -0.0758. The lowest BCUT2D eigenvalue weighted by Crippen LogP contribution is -2.31. The van der Waals surface area contributed by atoms with Crippen molar-refractivity contribution in [3.63, 3.8) is 0 Å². The maximum absolute atomic E-state index is 5.93. The first-order valence-electron chi connectivity index (χ1n) is 5.33. The summed E-state index contributed by atoms with van der Waals surface area (Å²) in [4.78, 5) is 4.38. The minimum atomic E-state index is -0.335. The maximum Gasteiger partial charge on any atom is 0.182 e. The fourth-order valence-corrected chi connectivity index (χ4v) is 1.90. The molecule has 0 aliphatic carbocycles. The number of hydrogen-bond donors (Lipinski definition) is 1. The third-order valence-corrected chi connectivity index (χ3v) is 3.03. The van der Waals surface area contributed by atoms with Gasteiger partial charge in [-0.2, -0.15) is 5.10 Å². The smallest absolute Gasteiger partial charge is 0.182 e. The van der Waals surface area contributed by atoms with Crippen molar-refractivity contribution in [2.45, 2.75) is 44.1 Å². The van der Waals surface area contributed by atoms with E-state index in [1.807, 2.05) is 13.8 Å². The average Bonchev–Trinajstić information content (AvgIpc) is 2.68. The molecule has 1 aliphatic heterocycles. The fourth-order valence-electron chi connectivity index (χ4n) is 1.80. The molecule has 2 atom stereocenters. The van der Waals surface area contributed by atoms with Gasteiger partial charge < -0.3 is 4.74 Å². The topological polar surface area (TPSA) is 50.8 Å². The third-order valence-electron chi connectivity index (χ3n) is 2.82. The van der Waals surface area contributed by atoms with Gasteiger partial charge in [0, 0.05) is 6.61 Å². The Morgan fingerprint density at radius 2 is 2.33 bits per heavy atom. The summed E-state index contributed by atoms with van der Waals surface area (Å²) in [5.74, 6) is 1.44. The Hall–Kier alpha value is -0.610. The third kappa shape index (κ3) is 2.16. The van der Waals surface area contributed by atoms with Gasteiger partial charge in [0.05, 0.1) is 5.38 Å². The van der Waals surface area contributed by atoms with Crippen LogP contribution in [0.3, 0.4) is 0 Å². The van der Waals surface area contributed by atoms with Crippen LogP contribution in [0.2, 0.25) is 0 Å². The lowest BCUT2D eigenvalue weighted by Gasteiger charge is -2.30. The van der Waals surface area contributed by atoms with E-state index in [-0.39, 0.29) is 11.0 Å². The van der Waals surface area contributed by atoms with Crippen LogP contribution < -0.4 is 0 Å². The number of rotatable bonds is 2. The second kappa shape index (κ2) is 4.10. The van der Waals surface area contributed by atoms with Gasteiger partial charge in [-0.3, -0.25) is 5.10 Å². The van der Waals surface area contributed by atoms with Crippen molar-refractivity contribution in [1.29, 1.82) is 0 Å². The fraction of sp³-hybridized carbons (Fsp3) is 0.800. The Bertz CT molecular complexity index is 331. The molecule has 5 heteroatoms. The molecular weight excluding hydrogens is 214 g/mol. The first kappa shape index (κ1) is 10.9. The Labute approximate surface area is 94.4 Å². The molecule has 1 aromatic heterocycles. The summed E-state index contributed by atoms with van der Waals surface area (Å²) >= 11 is 5.93. The van der Waals surface area contributed by atoms with Crippen LogP contribution in [-0.4, -0.2) is 21.8 Å². The average molecular weight is 230 g/mol. The van der Waals surface area contributed by atoms with Crippen LogP contribution in [0.15, 0.2) is 0 Å². The molecule has 1 aliphatic rings. The molecule has 0 radical (unpaired) electrons. The highest BCUT2D eigenvalue weighted by Crippen LogP contribution is 2.32. The molecule has 0 saturated carbocycles. The van der Waals surface area contributed by atoms with Crippen LogP contribution in [0.1, 0.15) is 50.1 Å². The molecule has 1 aromatic rings. The number of H-pyrrole nitrogens is 1. The maximum atomic E-state index is 5.93. The van der Waals surface area contributed by atoms with Crippen molar-refractivity contribution < 1.29 is 4.74 Å². The van der Waals surface area contributed by atoms with Crippen molar-refractivity contribution in [2.75, 3.05) is 6.61 Å². The Kier molecular flexibility index (Phi) is 2.98. The Morgan fingerprint density at radius 1 is 1.53 bits per heavy atom. The van der Waals surface area contributed by atoms with Crippen LogP contribution in [0, 0.1) is 0 Å². The highest BCUT2D eigenvalue weighted by atomic mass is 35.5. The number of hydrogen-bond acceptors (Lipinski definition) is 3. The second-order valence-corrected chi connectivity index (χ2v) is 4.85. The molecule has 2 rings (SSSR count). The van der Waals surface area contributed by atoms with Gasteiger partial charge in [-0.15, -0.1) is 11.6 Å². The molecule has 0 aromatic carbocycles.